The highest BCUT2D eigenvalue weighted by Gasteiger charge is 2.29. The van der Waals surface area contributed by atoms with Crippen molar-refractivity contribution in [2.45, 2.75) is 25.9 Å². The Morgan fingerprint density at radius 2 is 1.47 bits per heavy atom. The third-order valence-corrected chi connectivity index (χ3v) is 7.23. The Bertz CT molecular complexity index is 1130. The fraction of sp³-hybridized carbons (Fsp3) is 0.250. The fourth-order valence-electron chi connectivity index (χ4n) is 4.48. The molecule has 5 nitrogen and oxygen atoms in total. The number of hydrogen-bond acceptors (Lipinski definition) is 5. The summed E-state index contributed by atoms with van der Waals surface area (Å²) >= 11 is 1.67. The van der Waals surface area contributed by atoms with E-state index in [4.69, 9.17) is 0 Å². The quantitative estimate of drug-likeness (QED) is 0.352. The molecule has 0 saturated carbocycles. The van der Waals surface area contributed by atoms with E-state index >= 15 is 0 Å². The monoisotopic (exact) mass is 468 g/mol. The van der Waals surface area contributed by atoms with Gasteiger partial charge in [-0.25, -0.2) is 0 Å². The first-order valence-electron chi connectivity index (χ1n) is 11.8. The van der Waals surface area contributed by atoms with Crippen molar-refractivity contribution in [1.82, 2.24) is 15.1 Å². The van der Waals surface area contributed by atoms with Gasteiger partial charge in [-0.15, -0.1) is 21.5 Å². The molecule has 4 aromatic rings. The summed E-state index contributed by atoms with van der Waals surface area (Å²) in [5.74, 6) is 1.16. The largest absolute Gasteiger partial charge is 0.355 e. The summed E-state index contributed by atoms with van der Waals surface area (Å²) in [5.41, 5.74) is 3.22. The molecule has 0 aliphatic carbocycles. The molecule has 0 unspecified atom stereocenters. The maximum Gasteiger partial charge on any atom is 0.226 e. The van der Waals surface area contributed by atoms with Crippen molar-refractivity contribution in [3.63, 3.8) is 0 Å². The molecule has 5 rings (SSSR count). The second kappa shape index (κ2) is 10.6. The van der Waals surface area contributed by atoms with Gasteiger partial charge in [0, 0.05) is 32.1 Å². The Morgan fingerprint density at radius 3 is 2.00 bits per heavy atom. The van der Waals surface area contributed by atoms with Gasteiger partial charge in [-0.1, -0.05) is 66.7 Å². The number of rotatable bonds is 7. The van der Waals surface area contributed by atoms with Gasteiger partial charge in [0.2, 0.25) is 5.91 Å². The highest BCUT2D eigenvalue weighted by atomic mass is 32.1. The number of thiophene rings is 1. The van der Waals surface area contributed by atoms with Crippen molar-refractivity contribution in [1.29, 1.82) is 0 Å². The maximum absolute atomic E-state index is 13.6. The molecule has 6 heteroatoms. The molecule has 0 spiro atoms. The molecular formula is C28H28N4OS. The molecule has 1 saturated heterocycles. The number of amides is 1. The number of carbonyl (C=O) groups is 1. The lowest BCUT2D eigenvalue weighted by atomic mass is 9.94. The molecule has 3 heterocycles. The number of nitrogens with zero attached hydrogens (tertiary/aromatic N) is 4. The normalized spacial score (nSPS) is 14.2. The smallest absolute Gasteiger partial charge is 0.226 e. The zero-order valence-corrected chi connectivity index (χ0v) is 19.9. The molecule has 1 aliphatic heterocycles. The molecule has 0 atom stereocenters. The molecule has 0 bridgehead atoms. The number of anilines is 1. The van der Waals surface area contributed by atoms with Crippen molar-refractivity contribution in [2.75, 3.05) is 18.0 Å². The van der Waals surface area contributed by atoms with E-state index in [0.717, 1.165) is 53.4 Å². The molecule has 1 fully saturated rings. The topological polar surface area (TPSA) is 49.3 Å². The van der Waals surface area contributed by atoms with Gasteiger partial charge in [0.25, 0.3) is 0 Å². The van der Waals surface area contributed by atoms with E-state index in [0.29, 0.717) is 13.1 Å². The Labute approximate surface area is 204 Å². The average molecular weight is 469 g/mol. The van der Waals surface area contributed by atoms with Crippen molar-refractivity contribution in [2.24, 2.45) is 5.92 Å². The zero-order chi connectivity index (χ0) is 23.2. The predicted molar refractivity (Wildman–Crippen MR) is 137 cm³/mol. The van der Waals surface area contributed by atoms with Crippen LogP contribution in [0, 0.1) is 5.92 Å². The minimum absolute atomic E-state index is 0.0297. The Kier molecular flexibility index (Phi) is 6.96. The second-order valence-corrected chi connectivity index (χ2v) is 9.63. The van der Waals surface area contributed by atoms with E-state index in [1.807, 2.05) is 64.9 Å². The number of benzene rings is 2. The van der Waals surface area contributed by atoms with Gasteiger partial charge in [-0.2, -0.15) is 0 Å². The van der Waals surface area contributed by atoms with Gasteiger partial charge in [-0.3, -0.25) is 4.79 Å². The van der Waals surface area contributed by atoms with Gasteiger partial charge in [0.1, 0.15) is 5.69 Å². The lowest BCUT2D eigenvalue weighted by Crippen LogP contribution is -2.42. The summed E-state index contributed by atoms with van der Waals surface area (Å²) in [7, 11) is 0. The van der Waals surface area contributed by atoms with Crippen LogP contribution >= 0.6 is 11.3 Å². The van der Waals surface area contributed by atoms with E-state index in [1.54, 1.807) is 11.3 Å². The van der Waals surface area contributed by atoms with Crippen LogP contribution in [0.15, 0.2) is 90.3 Å². The van der Waals surface area contributed by atoms with Gasteiger partial charge < -0.3 is 9.80 Å². The molecule has 0 N–H and O–H groups in total. The van der Waals surface area contributed by atoms with E-state index in [9.17, 15) is 4.79 Å². The Morgan fingerprint density at radius 1 is 0.824 bits per heavy atom. The Hall–Kier alpha value is -3.51. The molecule has 1 amide bonds. The van der Waals surface area contributed by atoms with Crippen LogP contribution in [0.3, 0.4) is 0 Å². The molecule has 2 aromatic heterocycles. The lowest BCUT2D eigenvalue weighted by molar-refractivity contribution is -0.137. The standard InChI is InChI=1S/C28H28N4OS/c33-28(32(20-22-8-3-1-4-9-22)21-23-10-5-2-6-11-23)24-15-17-31(18-16-24)27-14-13-25(29-30-27)26-12-7-19-34-26/h1-14,19,24H,15-18,20-21H2. The summed E-state index contributed by atoms with van der Waals surface area (Å²) in [4.78, 5) is 19.0. The van der Waals surface area contributed by atoms with Crippen LogP contribution in [0.5, 0.6) is 0 Å². The number of hydrogen-bond donors (Lipinski definition) is 0. The minimum Gasteiger partial charge on any atom is -0.355 e. The van der Waals surface area contributed by atoms with E-state index in [2.05, 4.69) is 45.4 Å². The second-order valence-electron chi connectivity index (χ2n) is 8.68. The van der Waals surface area contributed by atoms with Gasteiger partial charge >= 0.3 is 0 Å². The summed E-state index contributed by atoms with van der Waals surface area (Å²) in [6.45, 7) is 2.89. The molecule has 34 heavy (non-hydrogen) atoms. The third kappa shape index (κ3) is 5.34. The first-order chi connectivity index (χ1) is 16.8. The van der Waals surface area contributed by atoms with Gasteiger partial charge in [-0.05, 0) is 47.5 Å². The summed E-state index contributed by atoms with van der Waals surface area (Å²) in [6.07, 6.45) is 1.65. The Balaban J connectivity index is 1.24. The van der Waals surface area contributed by atoms with Crippen LogP contribution in [0.4, 0.5) is 5.82 Å². The van der Waals surface area contributed by atoms with Crippen molar-refractivity contribution >= 4 is 23.1 Å². The van der Waals surface area contributed by atoms with Gasteiger partial charge in [0.05, 0.1) is 4.88 Å². The molecular weight excluding hydrogens is 440 g/mol. The highest BCUT2D eigenvalue weighted by Crippen LogP contribution is 2.27. The van der Waals surface area contributed by atoms with E-state index in [1.165, 1.54) is 0 Å². The maximum atomic E-state index is 13.6. The predicted octanol–water partition coefficient (Wildman–Crippen LogP) is 5.65. The van der Waals surface area contributed by atoms with Crippen LogP contribution in [-0.4, -0.2) is 34.1 Å². The van der Waals surface area contributed by atoms with Crippen molar-refractivity contribution in [3.8, 4) is 10.6 Å². The van der Waals surface area contributed by atoms with Crippen LogP contribution in [0.2, 0.25) is 0 Å². The first kappa shape index (κ1) is 22.3. The molecule has 1 aliphatic rings. The van der Waals surface area contributed by atoms with E-state index in [-0.39, 0.29) is 11.8 Å². The van der Waals surface area contributed by atoms with Crippen molar-refractivity contribution in [3.05, 3.63) is 101 Å². The molecule has 2 aromatic carbocycles. The first-order valence-corrected chi connectivity index (χ1v) is 12.6. The number of carbonyl (C=O) groups excluding carboxylic acids is 1. The van der Waals surface area contributed by atoms with Crippen LogP contribution in [-0.2, 0) is 17.9 Å². The summed E-state index contributed by atoms with van der Waals surface area (Å²) in [5, 5.41) is 10.9. The zero-order valence-electron chi connectivity index (χ0n) is 19.1. The molecule has 172 valence electrons. The van der Waals surface area contributed by atoms with Crippen LogP contribution < -0.4 is 4.90 Å². The van der Waals surface area contributed by atoms with Crippen molar-refractivity contribution < 1.29 is 4.79 Å². The van der Waals surface area contributed by atoms with E-state index < -0.39 is 0 Å². The fourth-order valence-corrected chi connectivity index (χ4v) is 5.17. The van der Waals surface area contributed by atoms with Gasteiger partial charge in [0.15, 0.2) is 5.82 Å². The summed E-state index contributed by atoms with van der Waals surface area (Å²) < 4.78 is 0. The third-order valence-electron chi connectivity index (χ3n) is 6.34. The molecule has 0 radical (unpaired) electrons. The summed E-state index contributed by atoms with van der Waals surface area (Å²) in [6, 6.07) is 28.7. The number of aromatic nitrogens is 2. The average Bonchev–Trinajstić information content (AvgIpc) is 3.45. The van der Waals surface area contributed by atoms with Crippen LogP contribution in [0.1, 0.15) is 24.0 Å². The SMILES string of the molecule is O=C(C1CCN(c2ccc(-c3cccs3)nn2)CC1)N(Cc1ccccc1)Cc1ccccc1. The highest BCUT2D eigenvalue weighted by molar-refractivity contribution is 7.13. The minimum atomic E-state index is 0.0297. The number of piperidine rings is 1. The lowest BCUT2D eigenvalue weighted by Gasteiger charge is -2.35. The van der Waals surface area contributed by atoms with Crippen LogP contribution in [0.25, 0.3) is 10.6 Å².